The quantitative estimate of drug-likeness (QED) is 0.888. The van der Waals surface area contributed by atoms with Crippen LogP contribution in [-0.4, -0.2) is 11.7 Å². The highest BCUT2D eigenvalue weighted by atomic mass is 35.5. The second-order valence-electron chi connectivity index (χ2n) is 4.49. The Labute approximate surface area is 122 Å². The number of aliphatic hydroxyl groups excluding tert-OH is 1. The summed E-state index contributed by atoms with van der Waals surface area (Å²) in [4.78, 5) is 0. The van der Waals surface area contributed by atoms with Gasteiger partial charge in [-0.25, -0.2) is 4.39 Å². The standard InChI is InChI=1S/C16H16ClFO2/c1-2-9-20-13-6-3-11(4-7-13)16(19)12-5-8-14(17)15(18)10-12/h3-8,10,16,19H,2,9H2,1H3. The maximum Gasteiger partial charge on any atom is 0.142 e. The van der Waals surface area contributed by atoms with Crippen LogP contribution in [0.15, 0.2) is 42.5 Å². The summed E-state index contributed by atoms with van der Waals surface area (Å²) in [5, 5.41) is 10.3. The van der Waals surface area contributed by atoms with Crippen molar-refractivity contribution < 1.29 is 14.2 Å². The molecule has 0 aromatic heterocycles. The number of hydrogen-bond acceptors (Lipinski definition) is 2. The molecule has 0 spiro atoms. The first-order valence-electron chi connectivity index (χ1n) is 6.47. The maximum atomic E-state index is 13.4. The topological polar surface area (TPSA) is 29.5 Å². The molecule has 0 fully saturated rings. The molecule has 2 nitrogen and oxygen atoms in total. The average Bonchev–Trinajstić information content (AvgIpc) is 2.48. The van der Waals surface area contributed by atoms with Gasteiger partial charge in [-0.3, -0.25) is 0 Å². The van der Waals surface area contributed by atoms with E-state index in [9.17, 15) is 9.50 Å². The van der Waals surface area contributed by atoms with E-state index >= 15 is 0 Å². The Balaban J connectivity index is 2.15. The Morgan fingerprint density at radius 3 is 2.40 bits per heavy atom. The van der Waals surface area contributed by atoms with E-state index in [1.165, 1.54) is 12.1 Å². The zero-order chi connectivity index (χ0) is 14.5. The molecule has 1 unspecified atom stereocenters. The molecule has 2 rings (SSSR count). The third-order valence-corrected chi connectivity index (χ3v) is 3.23. The molecule has 0 heterocycles. The van der Waals surface area contributed by atoms with Gasteiger partial charge in [-0.15, -0.1) is 0 Å². The fraction of sp³-hybridized carbons (Fsp3) is 0.250. The molecule has 0 aliphatic carbocycles. The van der Waals surface area contributed by atoms with Crippen molar-refractivity contribution in [3.63, 3.8) is 0 Å². The Kier molecular flexibility index (Phi) is 4.99. The molecule has 0 bridgehead atoms. The first kappa shape index (κ1) is 14.8. The normalized spacial score (nSPS) is 12.2. The maximum absolute atomic E-state index is 13.4. The number of aliphatic hydroxyl groups is 1. The summed E-state index contributed by atoms with van der Waals surface area (Å²) >= 11 is 5.63. The Morgan fingerprint density at radius 1 is 1.15 bits per heavy atom. The molecule has 0 aliphatic rings. The minimum Gasteiger partial charge on any atom is -0.494 e. The molecule has 0 aliphatic heterocycles. The number of hydrogen-bond donors (Lipinski definition) is 1. The molecule has 2 aromatic rings. The lowest BCUT2D eigenvalue weighted by Gasteiger charge is -2.13. The lowest BCUT2D eigenvalue weighted by molar-refractivity contribution is 0.219. The van der Waals surface area contributed by atoms with Crippen molar-refractivity contribution in [3.05, 3.63) is 64.4 Å². The van der Waals surface area contributed by atoms with Crippen molar-refractivity contribution in [2.45, 2.75) is 19.4 Å². The monoisotopic (exact) mass is 294 g/mol. The van der Waals surface area contributed by atoms with Crippen LogP contribution in [0.25, 0.3) is 0 Å². The van der Waals surface area contributed by atoms with E-state index in [4.69, 9.17) is 16.3 Å². The van der Waals surface area contributed by atoms with E-state index < -0.39 is 11.9 Å². The van der Waals surface area contributed by atoms with Crippen LogP contribution in [0.2, 0.25) is 5.02 Å². The number of rotatable bonds is 5. The molecule has 106 valence electrons. The van der Waals surface area contributed by atoms with E-state index in [1.807, 2.05) is 6.92 Å². The predicted octanol–water partition coefficient (Wildman–Crippen LogP) is 4.35. The number of halogens is 2. The summed E-state index contributed by atoms with van der Waals surface area (Å²) < 4.78 is 18.9. The molecule has 0 amide bonds. The van der Waals surface area contributed by atoms with Crippen molar-refractivity contribution in [2.75, 3.05) is 6.61 Å². The predicted molar refractivity (Wildman–Crippen MR) is 77.7 cm³/mol. The summed E-state index contributed by atoms with van der Waals surface area (Å²) in [5.41, 5.74) is 1.14. The first-order valence-corrected chi connectivity index (χ1v) is 6.85. The minimum absolute atomic E-state index is 0.0456. The largest absolute Gasteiger partial charge is 0.494 e. The van der Waals surface area contributed by atoms with E-state index in [-0.39, 0.29) is 5.02 Å². The van der Waals surface area contributed by atoms with Crippen LogP contribution in [0.4, 0.5) is 4.39 Å². The van der Waals surface area contributed by atoms with Crippen molar-refractivity contribution in [2.24, 2.45) is 0 Å². The van der Waals surface area contributed by atoms with Crippen molar-refractivity contribution in [3.8, 4) is 5.75 Å². The smallest absolute Gasteiger partial charge is 0.142 e. The summed E-state index contributed by atoms with van der Waals surface area (Å²) in [6.45, 7) is 2.69. The zero-order valence-corrected chi connectivity index (χ0v) is 11.9. The average molecular weight is 295 g/mol. The summed E-state index contributed by atoms with van der Waals surface area (Å²) in [6, 6.07) is 11.4. The summed E-state index contributed by atoms with van der Waals surface area (Å²) in [7, 11) is 0. The van der Waals surface area contributed by atoms with Gasteiger partial charge in [-0.05, 0) is 41.8 Å². The third kappa shape index (κ3) is 3.50. The van der Waals surface area contributed by atoms with Crippen LogP contribution in [-0.2, 0) is 0 Å². The van der Waals surface area contributed by atoms with Crippen LogP contribution >= 0.6 is 11.6 Å². The highest BCUT2D eigenvalue weighted by Crippen LogP contribution is 2.26. The summed E-state index contributed by atoms with van der Waals surface area (Å²) in [5.74, 6) is 0.219. The van der Waals surface area contributed by atoms with Gasteiger partial charge in [-0.1, -0.05) is 36.7 Å². The molecule has 0 saturated carbocycles. The fourth-order valence-electron chi connectivity index (χ4n) is 1.84. The van der Waals surface area contributed by atoms with Gasteiger partial charge in [0.2, 0.25) is 0 Å². The molecular formula is C16H16ClFO2. The second-order valence-corrected chi connectivity index (χ2v) is 4.90. The van der Waals surface area contributed by atoms with E-state index in [0.717, 1.165) is 12.2 Å². The Hall–Kier alpha value is -1.58. The van der Waals surface area contributed by atoms with Crippen LogP contribution in [0.5, 0.6) is 5.75 Å². The van der Waals surface area contributed by atoms with Crippen LogP contribution in [0, 0.1) is 5.82 Å². The SMILES string of the molecule is CCCOc1ccc(C(O)c2ccc(Cl)c(F)c2)cc1. The van der Waals surface area contributed by atoms with Gasteiger partial charge in [0, 0.05) is 0 Å². The fourth-order valence-corrected chi connectivity index (χ4v) is 1.96. The summed E-state index contributed by atoms with van der Waals surface area (Å²) in [6.07, 6.45) is 0.0519. The number of benzene rings is 2. The van der Waals surface area contributed by atoms with E-state index in [0.29, 0.717) is 17.7 Å². The molecule has 0 radical (unpaired) electrons. The molecule has 2 aromatic carbocycles. The molecule has 4 heteroatoms. The zero-order valence-electron chi connectivity index (χ0n) is 11.1. The van der Waals surface area contributed by atoms with Crippen LogP contribution in [0.1, 0.15) is 30.6 Å². The van der Waals surface area contributed by atoms with Crippen molar-refractivity contribution in [1.82, 2.24) is 0 Å². The first-order chi connectivity index (χ1) is 9.61. The number of ether oxygens (including phenoxy) is 1. The minimum atomic E-state index is -0.887. The molecular weight excluding hydrogens is 279 g/mol. The lowest BCUT2D eigenvalue weighted by Crippen LogP contribution is -2.01. The van der Waals surface area contributed by atoms with Crippen LogP contribution < -0.4 is 4.74 Å². The van der Waals surface area contributed by atoms with Gasteiger partial charge in [0.15, 0.2) is 0 Å². The van der Waals surface area contributed by atoms with Gasteiger partial charge in [-0.2, -0.15) is 0 Å². The van der Waals surface area contributed by atoms with Gasteiger partial charge in [0.1, 0.15) is 17.7 Å². The van der Waals surface area contributed by atoms with Gasteiger partial charge in [0.05, 0.1) is 11.6 Å². The van der Waals surface area contributed by atoms with Gasteiger partial charge < -0.3 is 9.84 Å². The molecule has 1 atom stereocenters. The van der Waals surface area contributed by atoms with Crippen LogP contribution in [0.3, 0.4) is 0 Å². The molecule has 1 N–H and O–H groups in total. The molecule has 0 saturated heterocycles. The van der Waals surface area contributed by atoms with Gasteiger partial charge >= 0.3 is 0 Å². The highest BCUT2D eigenvalue weighted by Gasteiger charge is 2.12. The molecule has 20 heavy (non-hydrogen) atoms. The van der Waals surface area contributed by atoms with Crippen molar-refractivity contribution >= 4 is 11.6 Å². The van der Waals surface area contributed by atoms with E-state index in [1.54, 1.807) is 30.3 Å². The van der Waals surface area contributed by atoms with Gasteiger partial charge in [0.25, 0.3) is 0 Å². The Morgan fingerprint density at radius 2 is 1.80 bits per heavy atom. The second kappa shape index (κ2) is 6.73. The lowest BCUT2D eigenvalue weighted by atomic mass is 10.0. The highest BCUT2D eigenvalue weighted by molar-refractivity contribution is 6.30. The van der Waals surface area contributed by atoms with Crippen molar-refractivity contribution in [1.29, 1.82) is 0 Å². The third-order valence-electron chi connectivity index (χ3n) is 2.93. The van der Waals surface area contributed by atoms with E-state index in [2.05, 4.69) is 0 Å². The Bertz CT molecular complexity index is 569.